The van der Waals surface area contributed by atoms with E-state index in [2.05, 4.69) is 9.46 Å². The Labute approximate surface area is 195 Å². The van der Waals surface area contributed by atoms with Crippen molar-refractivity contribution in [2.24, 2.45) is 0 Å². The predicted octanol–water partition coefficient (Wildman–Crippen LogP) is 5.96. The van der Waals surface area contributed by atoms with Crippen LogP contribution in [-0.2, 0) is 14.8 Å². The molecule has 10 heteroatoms. The summed E-state index contributed by atoms with van der Waals surface area (Å²) in [6.45, 7) is 3.76. The average Bonchev–Trinajstić information content (AvgIpc) is 2.78. The zero-order chi connectivity index (χ0) is 25.1. The van der Waals surface area contributed by atoms with E-state index in [1.165, 1.54) is 55.6 Å². The van der Waals surface area contributed by atoms with Gasteiger partial charge in [-0.1, -0.05) is 44.2 Å². The van der Waals surface area contributed by atoms with Crippen molar-refractivity contribution in [2.75, 3.05) is 11.8 Å². The van der Waals surface area contributed by atoms with E-state index in [1.807, 2.05) is 13.8 Å². The lowest BCUT2D eigenvalue weighted by atomic mass is 9.97. The van der Waals surface area contributed by atoms with Crippen molar-refractivity contribution in [1.82, 2.24) is 0 Å². The highest BCUT2D eigenvalue weighted by atomic mass is 32.2. The summed E-state index contributed by atoms with van der Waals surface area (Å²) in [7, 11) is -2.77. The molecule has 0 saturated heterocycles. The van der Waals surface area contributed by atoms with Gasteiger partial charge in [-0.05, 0) is 59.0 Å². The third kappa shape index (κ3) is 6.07. The van der Waals surface area contributed by atoms with E-state index in [0.717, 1.165) is 0 Å². The molecule has 1 N–H and O–H groups in total. The molecule has 3 aromatic carbocycles. The summed E-state index contributed by atoms with van der Waals surface area (Å²) in [5.41, 5.74) is 2.40. The fourth-order valence-corrected chi connectivity index (χ4v) is 4.37. The minimum atomic E-state index is -4.77. The Bertz CT molecular complexity index is 1270. The molecule has 0 fully saturated rings. The molecule has 34 heavy (non-hydrogen) atoms. The number of halogens is 3. The predicted molar refractivity (Wildman–Crippen MR) is 121 cm³/mol. The minimum absolute atomic E-state index is 0.0135. The number of hydrogen-bond donors (Lipinski definition) is 1. The normalized spacial score (nSPS) is 11.9. The Morgan fingerprint density at radius 2 is 1.47 bits per heavy atom. The molecule has 0 saturated carbocycles. The second kappa shape index (κ2) is 9.76. The first kappa shape index (κ1) is 25.1. The van der Waals surface area contributed by atoms with E-state index in [1.54, 1.807) is 18.2 Å². The number of carbonyl (C=O) groups excluding carboxylic acids is 1. The molecular weight excluding hydrogens is 471 g/mol. The molecule has 0 spiro atoms. The SMILES string of the molecule is COC(=O)c1cc(S(=O)(=O)Nc2ccc(-c3ccc(OC(F)(F)F)cc3)cc2)ccc1C(C)C. The molecular formula is C24H22F3NO5S. The van der Waals surface area contributed by atoms with Gasteiger partial charge in [-0.25, -0.2) is 13.2 Å². The van der Waals surface area contributed by atoms with Gasteiger partial charge >= 0.3 is 12.3 Å². The average molecular weight is 494 g/mol. The largest absolute Gasteiger partial charge is 0.573 e. The fourth-order valence-electron chi connectivity index (χ4n) is 3.29. The first-order valence-electron chi connectivity index (χ1n) is 10.1. The van der Waals surface area contributed by atoms with Crippen LogP contribution in [0.15, 0.2) is 71.6 Å². The number of hydrogen-bond acceptors (Lipinski definition) is 5. The minimum Gasteiger partial charge on any atom is -0.465 e. The molecule has 0 amide bonds. The number of sulfonamides is 1. The van der Waals surface area contributed by atoms with Gasteiger partial charge in [0, 0.05) is 5.69 Å². The van der Waals surface area contributed by atoms with Crippen molar-refractivity contribution in [3.05, 3.63) is 77.9 Å². The number of anilines is 1. The van der Waals surface area contributed by atoms with Crippen molar-refractivity contribution in [3.63, 3.8) is 0 Å². The van der Waals surface area contributed by atoms with Gasteiger partial charge in [0.2, 0.25) is 0 Å². The summed E-state index contributed by atoms with van der Waals surface area (Å²) >= 11 is 0. The maximum Gasteiger partial charge on any atom is 0.573 e. The highest BCUT2D eigenvalue weighted by molar-refractivity contribution is 7.92. The highest BCUT2D eigenvalue weighted by Crippen LogP contribution is 2.28. The molecule has 0 aromatic heterocycles. The maximum absolute atomic E-state index is 12.9. The number of alkyl halides is 3. The van der Waals surface area contributed by atoms with Crippen LogP contribution in [0.5, 0.6) is 5.75 Å². The summed E-state index contributed by atoms with van der Waals surface area (Å²) in [4.78, 5) is 12.0. The van der Waals surface area contributed by atoms with Gasteiger partial charge in [0.25, 0.3) is 10.0 Å². The lowest BCUT2D eigenvalue weighted by Crippen LogP contribution is -2.16. The van der Waals surface area contributed by atoms with E-state index in [9.17, 15) is 26.4 Å². The van der Waals surface area contributed by atoms with Crippen LogP contribution in [0.3, 0.4) is 0 Å². The Morgan fingerprint density at radius 3 is 1.97 bits per heavy atom. The van der Waals surface area contributed by atoms with Gasteiger partial charge in [0.15, 0.2) is 0 Å². The van der Waals surface area contributed by atoms with Crippen molar-refractivity contribution in [2.45, 2.75) is 31.0 Å². The van der Waals surface area contributed by atoms with Gasteiger partial charge in [-0.3, -0.25) is 4.72 Å². The van der Waals surface area contributed by atoms with Crippen molar-refractivity contribution in [3.8, 4) is 16.9 Å². The Morgan fingerprint density at radius 1 is 0.912 bits per heavy atom. The molecule has 0 unspecified atom stereocenters. The molecule has 0 aliphatic rings. The van der Waals surface area contributed by atoms with Crippen LogP contribution in [0.25, 0.3) is 11.1 Å². The molecule has 0 heterocycles. The molecule has 180 valence electrons. The first-order valence-corrected chi connectivity index (χ1v) is 11.6. The molecule has 3 rings (SSSR count). The van der Waals surface area contributed by atoms with Crippen LogP contribution in [0, 0.1) is 0 Å². The van der Waals surface area contributed by atoms with E-state index < -0.39 is 22.4 Å². The van der Waals surface area contributed by atoms with Crippen LogP contribution < -0.4 is 9.46 Å². The number of ether oxygens (including phenoxy) is 2. The van der Waals surface area contributed by atoms with E-state index >= 15 is 0 Å². The van der Waals surface area contributed by atoms with Crippen molar-refractivity contribution in [1.29, 1.82) is 0 Å². The van der Waals surface area contributed by atoms with Gasteiger partial charge in [0.05, 0.1) is 17.6 Å². The molecule has 0 radical (unpaired) electrons. The number of benzene rings is 3. The van der Waals surface area contributed by atoms with Gasteiger partial charge < -0.3 is 9.47 Å². The summed E-state index contributed by atoms with van der Waals surface area (Å²) in [6.07, 6.45) is -4.77. The van der Waals surface area contributed by atoms with Crippen molar-refractivity contribution >= 4 is 21.7 Å². The smallest absolute Gasteiger partial charge is 0.465 e. The molecule has 0 aliphatic carbocycles. The Kier molecular flexibility index (Phi) is 7.21. The summed E-state index contributed by atoms with van der Waals surface area (Å²) in [6, 6.07) is 15.9. The summed E-state index contributed by atoms with van der Waals surface area (Å²) in [5.74, 6) is -0.979. The zero-order valence-corrected chi connectivity index (χ0v) is 19.3. The van der Waals surface area contributed by atoms with Gasteiger partial charge in [-0.2, -0.15) is 0 Å². The van der Waals surface area contributed by atoms with Crippen molar-refractivity contribution < 1.29 is 35.9 Å². The number of carbonyl (C=O) groups is 1. The van der Waals surface area contributed by atoms with Crippen LogP contribution >= 0.6 is 0 Å². The Balaban J connectivity index is 1.80. The van der Waals surface area contributed by atoms with E-state index in [4.69, 9.17) is 4.74 Å². The zero-order valence-electron chi connectivity index (χ0n) is 18.5. The summed E-state index contributed by atoms with van der Waals surface area (Å²) in [5, 5.41) is 0. The van der Waals surface area contributed by atoms with Crippen LogP contribution in [0.4, 0.5) is 18.9 Å². The molecule has 0 aliphatic heterocycles. The first-order chi connectivity index (χ1) is 15.9. The second-order valence-corrected chi connectivity index (χ2v) is 9.33. The lowest BCUT2D eigenvalue weighted by Gasteiger charge is -2.14. The summed E-state index contributed by atoms with van der Waals surface area (Å²) < 4.78 is 73.8. The number of methoxy groups -OCH3 is 1. The number of rotatable bonds is 7. The van der Waals surface area contributed by atoms with Gasteiger partial charge in [0.1, 0.15) is 5.75 Å². The topological polar surface area (TPSA) is 81.7 Å². The number of esters is 1. The molecule has 0 atom stereocenters. The monoisotopic (exact) mass is 493 g/mol. The second-order valence-electron chi connectivity index (χ2n) is 7.65. The number of nitrogens with one attached hydrogen (secondary N) is 1. The standard InChI is InChI=1S/C24H22F3NO5S/c1-15(2)21-13-12-20(14-22(21)23(29)32-3)34(30,31)28-18-8-4-16(5-9-18)17-6-10-19(11-7-17)33-24(25,26)27/h4-15,28H,1-3H3. The van der Waals surface area contributed by atoms with E-state index in [0.29, 0.717) is 16.7 Å². The van der Waals surface area contributed by atoms with E-state index in [-0.39, 0.29) is 27.8 Å². The quantitative estimate of drug-likeness (QED) is 0.411. The van der Waals surface area contributed by atoms with Crippen LogP contribution in [0.1, 0.15) is 35.7 Å². The maximum atomic E-state index is 12.9. The molecule has 0 bridgehead atoms. The third-order valence-electron chi connectivity index (χ3n) is 4.92. The fraction of sp³-hybridized carbons (Fsp3) is 0.208. The van der Waals surface area contributed by atoms with Crippen LogP contribution in [0.2, 0.25) is 0 Å². The van der Waals surface area contributed by atoms with Crippen LogP contribution in [-0.4, -0.2) is 27.9 Å². The highest BCUT2D eigenvalue weighted by Gasteiger charge is 2.31. The molecule has 3 aromatic rings. The van der Waals surface area contributed by atoms with Gasteiger partial charge in [-0.15, -0.1) is 13.2 Å². The lowest BCUT2D eigenvalue weighted by molar-refractivity contribution is -0.274. The molecule has 6 nitrogen and oxygen atoms in total. The third-order valence-corrected chi connectivity index (χ3v) is 6.30. The Hall–Kier alpha value is -3.53.